The van der Waals surface area contributed by atoms with E-state index in [-0.39, 0.29) is 13.2 Å². The van der Waals surface area contributed by atoms with E-state index in [2.05, 4.69) is 0 Å². The molecule has 0 bridgehead atoms. The number of ether oxygens (including phenoxy) is 2. The van der Waals surface area contributed by atoms with E-state index in [9.17, 15) is 20.4 Å². The Morgan fingerprint density at radius 2 is 1.59 bits per heavy atom. The Balaban J connectivity index is 0.000000604. The summed E-state index contributed by atoms with van der Waals surface area (Å²) < 4.78 is 11.1. The van der Waals surface area contributed by atoms with Crippen molar-refractivity contribution in [2.45, 2.75) is 50.0 Å². The molecule has 0 aromatic heterocycles. The Hall–Kier alpha value is -1.79. The lowest BCUT2D eigenvalue weighted by molar-refractivity contribution is -0.231. The molecule has 1 heterocycles. The maximum atomic E-state index is 10.3. The van der Waals surface area contributed by atoms with Crippen LogP contribution in [0.25, 0.3) is 0 Å². The molecule has 0 amide bonds. The first kappa shape index (κ1) is 28.4. The van der Waals surface area contributed by atoms with Crippen LogP contribution in [0.4, 0.5) is 0 Å². The molecular weight excluding hydrogens is 468 g/mol. The van der Waals surface area contributed by atoms with Crippen molar-refractivity contribution in [2.75, 3.05) is 26.4 Å². The minimum Gasteiger partial charge on any atom is -0.494 e. The molecular formula is C24H33ClO9. The highest BCUT2D eigenvalue weighted by Crippen LogP contribution is 2.34. The van der Waals surface area contributed by atoms with Crippen LogP contribution in [0.15, 0.2) is 42.5 Å². The average Bonchev–Trinajstić information content (AvgIpc) is 2.85. The highest BCUT2D eigenvalue weighted by atomic mass is 35.5. The fourth-order valence-corrected chi connectivity index (χ4v) is 3.62. The summed E-state index contributed by atoms with van der Waals surface area (Å²) in [7, 11) is 0. The van der Waals surface area contributed by atoms with E-state index in [4.69, 9.17) is 36.4 Å². The van der Waals surface area contributed by atoms with Gasteiger partial charge in [0.05, 0.1) is 26.4 Å². The van der Waals surface area contributed by atoms with Crippen LogP contribution in [0.5, 0.6) is 5.75 Å². The van der Waals surface area contributed by atoms with Crippen molar-refractivity contribution in [1.82, 2.24) is 0 Å². The first-order chi connectivity index (χ1) is 16.2. The summed E-state index contributed by atoms with van der Waals surface area (Å²) in [6.45, 7) is 1.34. The summed E-state index contributed by atoms with van der Waals surface area (Å²) in [4.78, 5) is 0. The van der Waals surface area contributed by atoms with Crippen LogP contribution in [0.1, 0.15) is 29.7 Å². The molecule has 190 valence electrons. The number of benzene rings is 2. The van der Waals surface area contributed by atoms with Crippen molar-refractivity contribution in [3.05, 3.63) is 64.2 Å². The van der Waals surface area contributed by atoms with Crippen molar-refractivity contribution in [2.24, 2.45) is 0 Å². The zero-order valence-corrected chi connectivity index (χ0v) is 19.6. The smallest absolute Gasteiger partial charge is 0.119 e. The lowest BCUT2D eigenvalue weighted by Gasteiger charge is -2.40. The Kier molecular flexibility index (Phi) is 11.7. The van der Waals surface area contributed by atoms with Crippen molar-refractivity contribution in [1.29, 1.82) is 0 Å². The van der Waals surface area contributed by atoms with Gasteiger partial charge in [0.25, 0.3) is 0 Å². The molecule has 1 saturated heterocycles. The fraction of sp³-hybridized carbons (Fsp3) is 0.500. The number of aliphatic hydroxyl groups is 7. The van der Waals surface area contributed by atoms with Crippen LogP contribution in [-0.2, 0) is 11.2 Å². The number of hydrogen-bond donors (Lipinski definition) is 7. The number of rotatable bonds is 8. The lowest BCUT2D eigenvalue weighted by atomic mass is 9.90. The monoisotopic (exact) mass is 500 g/mol. The molecule has 10 heteroatoms. The topological polar surface area (TPSA) is 160 Å². The van der Waals surface area contributed by atoms with Crippen molar-refractivity contribution >= 4 is 11.6 Å². The summed E-state index contributed by atoms with van der Waals surface area (Å²) in [6, 6.07) is 12.9. The van der Waals surface area contributed by atoms with Gasteiger partial charge in [0, 0.05) is 5.02 Å². The second-order valence-corrected chi connectivity index (χ2v) is 8.28. The lowest BCUT2D eigenvalue weighted by Crippen LogP contribution is -2.55. The van der Waals surface area contributed by atoms with Gasteiger partial charge in [-0.3, -0.25) is 0 Å². The molecule has 2 aromatic rings. The maximum absolute atomic E-state index is 10.3. The summed E-state index contributed by atoms with van der Waals surface area (Å²) in [5.74, 6) is 0.799. The van der Waals surface area contributed by atoms with Gasteiger partial charge in [0.15, 0.2) is 0 Å². The van der Waals surface area contributed by atoms with Gasteiger partial charge in [-0.05, 0) is 48.2 Å². The van der Waals surface area contributed by atoms with E-state index in [1.165, 1.54) is 0 Å². The molecule has 34 heavy (non-hydrogen) atoms. The van der Waals surface area contributed by atoms with Crippen molar-refractivity contribution < 1.29 is 45.2 Å². The van der Waals surface area contributed by atoms with Gasteiger partial charge in [-0.2, -0.15) is 0 Å². The van der Waals surface area contributed by atoms with E-state index in [1.807, 2.05) is 37.3 Å². The predicted octanol–water partition coefficient (Wildman–Crippen LogP) is 0.176. The molecule has 1 aliphatic heterocycles. The molecule has 9 nitrogen and oxygen atoms in total. The zero-order chi connectivity index (χ0) is 25.3. The van der Waals surface area contributed by atoms with E-state index < -0.39 is 43.2 Å². The average molecular weight is 501 g/mol. The molecule has 2 aromatic carbocycles. The third kappa shape index (κ3) is 7.61. The predicted molar refractivity (Wildman–Crippen MR) is 125 cm³/mol. The van der Waals surface area contributed by atoms with Crippen LogP contribution in [0.2, 0.25) is 5.02 Å². The fourth-order valence-electron chi connectivity index (χ4n) is 3.43. The second kappa shape index (κ2) is 13.9. The molecule has 0 unspecified atom stereocenters. The molecule has 7 N–H and O–H groups in total. The van der Waals surface area contributed by atoms with E-state index in [1.54, 1.807) is 12.1 Å². The molecule has 5 atom stereocenters. The quantitative estimate of drug-likeness (QED) is 0.268. The largest absolute Gasteiger partial charge is 0.494 e. The van der Waals surface area contributed by atoms with Crippen molar-refractivity contribution in [3.63, 3.8) is 0 Å². The third-order valence-corrected chi connectivity index (χ3v) is 5.71. The van der Waals surface area contributed by atoms with Crippen LogP contribution < -0.4 is 4.74 Å². The molecule has 1 fully saturated rings. The SMILES string of the molecule is CCOc1ccc(Cc2cc([C@@H]3O[C@H](CO)[C@@H](O)[C@H](O)[C@H]3O)ccc2Cl)cc1.OCC(O)CO. The van der Waals surface area contributed by atoms with Gasteiger partial charge < -0.3 is 45.2 Å². The molecule has 3 rings (SSSR count). The standard InChI is InChI=1S/C21H25ClO6.C3H8O3/c1-2-27-15-6-3-12(4-7-15)9-14-10-13(5-8-16(14)22)21-20(26)19(25)18(24)17(11-23)28-21;4-1-3(6)2-5/h3-8,10,17-21,23-26H,2,9,11H2,1H3;3-6H,1-2H2/t17-,18-,19+,20-,21+;/m1./s1. The van der Waals surface area contributed by atoms with Gasteiger partial charge in [-0.25, -0.2) is 0 Å². The number of aliphatic hydroxyl groups excluding tert-OH is 7. The molecule has 1 aliphatic rings. The Morgan fingerprint density at radius 1 is 0.941 bits per heavy atom. The third-order valence-electron chi connectivity index (χ3n) is 5.34. The summed E-state index contributed by atoms with van der Waals surface area (Å²) in [5, 5.41) is 64.3. The number of halogens is 1. The minimum atomic E-state index is -1.42. The van der Waals surface area contributed by atoms with Gasteiger partial charge in [0.2, 0.25) is 0 Å². The van der Waals surface area contributed by atoms with Crippen molar-refractivity contribution in [3.8, 4) is 5.75 Å². The zero-order valence-electron chi connectivity index (χ0n) is 18.9. The van der Waals surface area contributed by atoms with Crippen LogP contribution in [0, 0.1) is 0 Å². The van der Waals surface area contributed by atoms with Gasteiger partial charge in [0.1, 0.15) is 42.4 Å². The van der Waals surface area contributed by atoms with E-state index >= 15 is 0 Å². The Morgan fingerprint density at radius 3 is 2.12 bits per heavy atom. The van der Waals surface area contributed by atoms with Gasteiger partial charge in [-0.15, -0.1) is 0 Å². The molecule has 0 saturated carbocycles. The maximum Gasteiger partial charge on any atom is 0.119 e. The normalized spacial score (nSPS) is 24.5. The second-order valence-electron chi connectivity index (χ2n) is 7.87. The van der Waals surface area contributed by atoms with Gasteiger partial charge >= 0.3 is 0 Å². The highest BCUT2D eigenvalue weighted by molar-refractivity contribution is 6.31. The van der Waals surface area contributed by atoms with Crippen LogP contribution in [0.3, 0.4) is 0 Å². The first-order valence-corrected chi connectivity index (χ1v) is 11.3. The molecule has 0 radical (unpaired) electrons. The van der Waals surface area contributed by atoms with Crippen LogP contribution >= 0.6 is 11.6 Å². The number of hydrogen-bond acceptors (Lipinski definition) is 9. The summed E-state index contributed by atoms with van der Waals surface area (Å²) >= 11 is 6.35. The summed E-state index contributed by atoms with van der Waals surface area (Å²) in [5.41, 5.74) is 2.49. The van der Waals surface area contributed by atoms with Gasteiger partial charge in [-0.1, -0.05) is 35.9 Å². The van der Waals surface area contributed by atoms with E-state index in [0.717, 1.165) is 16.9 Å². The molecule has 0 spiro atoms. The summed E-state index contributed by atoms with van der Waals surface area (Å²) in [6.07, 6.45) is -6.34. The first-order valence-electron chi connectivity index (χ1n) is 11.0. The highest BCUT2D eigenvalue weighted by Gasteiger charge is 2.44. The van der Waals surface area contributed by atoms with E-state index in [0.29, 0.717) is 23.6 Å². The Bertz CT molecular complexity index is 858. The molecule has 0 aliphatic carbocycles. The van der Waals surface area contributed by atoms with Crippen LogP contribution in [-0.4, -0.2) is 92.7 Å². The Labute approximate surface area is 203 Å². The minimum absolute atomic E-state index is 0.365.